The maximum Gasteiger partial charge on any atom is 0.244 e. The van der Waals surface area contributed by atoms with Gasteiger partial charge in [-0.2, -0.15) is 0 Å². The highest BCUT2D eigenvalue weighted by Gasteiger charge is 2.41. The van der Waals surface area contributed by atoms with Gasteiger partial charge >= 0.3 is 0 Å². The number of likely N-dealkylation sites (N-methyl/N-ethyl adjacent to an activating group) is 1. The molecule has 1 heterocycles. The van der Waals surface area contributed by atoms with Gasteiger partial charge in [-0.05, 0) is 13.8 Å². The first kappa shape index (κ1) is 14.8. The number of morpholine rings is 1. The van der Waals surface area contributed by atoms with Crippen molar-refractivity contribution in [3.05, 3.63) is 0 Å². The Hall–Kier alpha value is -1.21. The summed E-state index contributed by atoms with van der Waals surface area (Å²) >= 11 is 4.91. The molecule has 1 rings (SSSR count). The molecule has 7 heteroatoms. The molecule has 6 nitrogen and oxygen atoms in total. The number of nitrogens with one attached hydrogen (secondary N) is 1. The van der Waals surface area contributed by atoms with Crippen LogP contribution in [0.2, 0.25) is 0 Å². The lowest BCUT2D eigenvalue weighted by atomic mass is 9.90. The molecule has 0 aliphatic carbocycles. The van der Waals surface area contributed by atoms with Gasteiger partial charge in [-0.15, -0.1) is 0 Å². The Labute approximate surface area is 112 Å². The third-order valence-corrected chi connectivity index (χ3v) is 3.60. The molecule has 0 saturated carbocycles. The predicted molar refractivity (Wildman–Crippen MR) is 71.0 cm³/mol. The molecule has 1 unspecified atom stereocenters. The van der Waals surface area contributed by atoms with Gasteiger partial charge in [0, 0.05) is 13.6 Å². The molecule has 3 N–H and O–H groups in total. The number of carbonyl (C=O) groups is 2. The minimum Gasteiger partial charge on any atom is -0.392 e. The van der Waals surface area contributed by atoms with Gasteiger partial charge in [-0.25, -0.2) is 0 Å². The van der Waals surface area contributed by atoms with Crippen molar-refractivity contribution in [2.24, 2.45) is 11.1 Å². The Morgan fingerprint density at radius 3 is 2.61 bits per heavy atom. The lowest BCUT2D eigenvalue weighted by Gasteiger charge is -2.38. The smallest absolute Gasteiger partial charge is 0.244 e. The van der Waals surface area contributed by atoms with Crippen molar-refractivity contribution in [1.29, 1.82) is 0 Å². The van der Waals surface area contributed by atoms with Crippen molar-refractivity contribution in [3.8, 4) is 0 Å². The summed E-state index contributed by atoms with van der Waals surface area (Å²) in [5.74, 6) is -0.492. The number of nitrogens with two attached hydrogens (primary N) is 1. The third kappa shape index (κ3) is 2.78. The van der Waals surface area contributed by atoms with Gasteiger partial charge in [0.15, 0.2) is 0 Å². The molecular formula is C11H19N3O3S. The van der Waals surface area contributed by atoms with Crippen LogP contribution in [0.25, 0.3) is 0 Å². The number of ether oxygens (including phenoxy) is 1. The number of rotatable bonds is 3. The highest BCUT2D eigenvalue weighted by Crippen LogP contribution is 2.22. The number of carbonyl (C=O) groups excluding carboxylic acids is 2. The van der Waals surface area contributed by atoms with Crippen LogP contribution in [0.5, 0.6) is 0 Å². The van der Waals surface area contributed by atoms with Crippen molar-refractivity contribution in [2.75, 3.05) is 26.8 Å². The van der Waals surface area contributed by atoms with Crippen LogP contribution in [0.4, 0.5) is 0 Å². The second-order valence-electron chi connectivity index (χ2n) is 4.69. The van der Waals surface area contributed by atoms with E-state index in [0.29, 0.717) is 13.2 Å². The van der Waals surface area contributed by atoms with Crippen LogP contribution >= 0.6 is 12.2 Å². The Kier molecular flexibility index (Phi) is 4.64. The second-order valence-corrected chi connectivity index (χ2v) is 5.13. The Balaban J connectivity index is 2.94. The molecule has 1 aliphatic rings. The molecular weight excluding hydrogens is 254 g/mol. The van der Waals surface area contributed by atoms with Crippen LogP contribution in [0.3, 0.4) is 0 Å². The van der Waals surface area contributed by atoms with Crippen molar-refractivity contribution >= 4 is 29.0 Å². The van der Waals surface area contributed by atoms with Crippen molar-refractivity contribution in [3.63, 3.8) is 0 Å². The predicted octanol–water partition coefficient (Wildman–Crippen LogP) is -0.728. The van der Waals surface area contributed by atoms with E-state index < -0.39 is 11.5 Å². The zero-order valence-corrected chi connectivity index (χ0v) is 11.7. The average molecular weight is 273 g/mol. The second kappa shape index (κ2) is 5.62. The minimum absolute atomic E-state index is 0.120. The van der Waals surface area contributed by atoms with E-state index in [1.165, 1.54) is 11.9 Å². The Morgan fingerprint density at radius 2 is 2.11 bits per heavy atom. The number of hydrogen-bond acceptors (Lipinski definition) is 4. The first-order valence-corrected chi connectivity index (χ1v) is 6.13. The lowest BCUT2D eigenvalue weighted by Crippen LogP contribution is -2.59. The van der Waals surface area contributed by atoms with Gasteiger partial charge in [0.1, 0.15) is 6.04 Å². The fourth-order valence-corrected chi connectivity index (χ4v) is 1.78. The fraction of sp³-hybridized carbons (Fsp3) is 0.727. The minimum atomic E-state index is -0.959. The van der Waals surface area contributed by atoms with Gasteiger partial charge in [-0.3, -0.25) is 9.59 Å². The molecule has 1 aliphatic heterocycles. The van der Waals surface area contributed by atoms with E-state index in [4.69, 9.17) is 22.7 Å². The molecule has 0 bridgehead atoms. The summed E-state index contributed by atoms with van der Waals surface area (Å²) in [6.07, 6.45) is 0. The number of nitrogens with zero attached hydrogens (tertiary/aromatic N) is 1. The molecule has 0 radical (unpaired) electrons. The molecule has 1 atom stereocenters. The monoisotopic (exact) mass is 273 g/mol. The number of thiocarbonyl (C=S) groups is 1. The maximum atomic E-state index is 12.4. The van der Waals surface area contributed by atoms with Crippen LogP contribution in [0.1, 0.15) is 13.8 Å². The number of hydrogen-bond donors (Lipinski definition) is 2. The fourth-order valence-electron chi connectivity index (χ4n) is 1.70. The SMILES string of the molecule is CNC(=O)C1COCCN1C(=O)C(C)(C)C(N)=S. The van der Waals surface area contributed by atoms with E-state index in [-0.39, 0.29) is 23.4 Å². The van der Waals surface area contributed by atoms with Crippen LogP contribution in [-0.4, -0.2) is 54.6 Å². The summed E-state index contributed by atoms with van der Waals surface area (Å²) in [6, 6.07) is -0.620. The molecule has 0 spiro atoms. The summed E-state index contributed by atoms with van der Waals surface area (Å²) in [5.41, 5.74) is 4.62. The quantitative estimate of drug-likeness (QED) is 0.662. The average Bonchev–Trinajstić information content (AvgIpc) is 2.36. The summed E-state index contributed by atoms with van der Waals surface area (Å²) in [5, 5.41) is 2.52. The Morgan fingerprint density at radius 1 is 1.50 bits per heavy atom. The van der Waals surface area contributed by atoms with Crippen LogP contribution in [0, 0.1) is 5.41 Å². The van der Waals surface area contributed by atoms with E-state index in [2.05, 4.69) is 5.32 Å². The Bertz CT molecular complexity index is 371. The number of amides is 2. The van der Waals surface area contributed by atoms with Crippen LogP contribution < -0.4 is 11.1 Å². The topological polar surface area (TPSA) is 84.7 Å². The van der Waals surface area contributed by atoms with E-state index in [1.54, 1.807) is 13.8 Å². The molecule has 102 valence electrons. The highest BCUT2D eigenvalue weighted by atomic mass is 32.1. The molecule has 1 saturated heterocycles. The summed E-state index contributed by atoms with van der Waals surface area (Å²) < 4.78 is 5.24. The van der Waals surface area contributed by atoms with E-state index in [0.717, 1.165) is 0 Å². The largest absolute Gasteiger partial charge is 0.392 e. The standard InChI is InChI=1S/C11H19N3O3S/c1-11(2,9(12)18)10(16)14-4-5-17-6-7(14)8(15)13-3/h7H,4-6H2,1-3H3,(H2,12,18)(H,13,15). The van der Waals surface area contributed by atoms with Gasteiger partial charge in [0.25, 0.3) is 0 Å². The van der Waals surface area contributed by atoms with Gasteiger partial charge in [0.05, 0.1) is 23.6 Å². The van der Waals surface area contributed by atoms with Crippen molar-refractivity contribution < 1.29 is 14.3 Å². The van der Waals surface area contributed by atoms with E-state index >= 15 is 0 Å². The highest BCUT2D eigenvalue weighted by molar-refractivity contribution is 7.80. The molecule has 0 aromatic carbocycles. The first-order chi connectivity index (χ1) is 8.32. The molecule has 0 aromatic heterocycles. The zero-order chi connectivity index (χ0) is 13.9. The van der Waals surface area contributed by atoms with Crippen LogP contribution in [-0.2, 0) is 14.3 Å². The molecule has 18 heavy (non-hydrogen) atoms. The normalized spacial score (nSPS) is 20.4. The lowest BCUT2D eigenvalue weighted by molar-refractivity contribution is -0.152. The summed E-state index contributed by atoms with van der Waals surface area (Å²) in [4.78, 5) is 25.8. The van der Waals surface area contributed by atoms with E-state index in [1.807, 2.05) is 0 Å². The van der Waals surface area contributed by atoms with Crippen molar-refractivity contribution in [1.82, 2.24) is 10.2 Å². The van der Waals surface area contributed by atoms with Gasteiger partial charge < -0.3 is 20.7 Å². The third-order valence-electron chi connectivity index (χ3n) is 3.09. The van der Waals surface area contributed by atoms with Crippen LogP contribution in [0.15, 0.2) is 0 Å². The zero-order valence-electron chi connectivity index (χ0n) is 10.9. The molecule has 0 aromatic rings. The van der Waals surface area contributed by atoms with E-state index in [9.17, 15) is 9.59 Å². The van der Waals surface area contributed by atoms with Gasteiger partial charge in [-0.1, -0.05) is 12.2 Å². The molecule has 2 amide bonds. The summed E-state index contributed by atoms with van der Waals surface area (Å²) in [6.45, 7) is 4.29. The molecule has 1 fully saturated rings. The maximum absolute atomic E-state index is 12.4. The first-order valence-electron chi connectivity index (χ1n) is 5.72. The van der Waals surface area contributed by atoms with Crippen molar-refractivity contribution in [2.45, 2.75) is 19.9 Å². The summed E-state index contributed by atoms with van der Waals surface area (Å²) in [7, 11) is 1.53. The van der Waals surface area contributed by atoms with Gasteiger partial charge in [0.2, 0.25) is 11.8 Å².